The Kier molecular flexibility index (Phi) is 6.41. The van der Waals surface area contributed by atoms with E-state index in [0.29, 0.717) is 17.1 Å². The number of hydrogen-bond donors (Lipinski definition) is 0. The molecule has 1 aliphatic heterocycles. The number of hydrogen-bond acceptors (Lipinski definition) is 8. The molecule has 0 aliphatic carbocycles. The largest absolute Gasteiger partial charge is 0.465 e. The van der Waals surface area contributed by atoms with Crippen LogP contribution in [0.4, 0.5) is 4.79 Å². The lowest BCUT2D eigenvalue weighted by molar-refractivity contribution is -0.145. The predicted octanol–water partition coefficient (Wildman–Crippen LogP) is 3.64. The summed E-state index contributed by atoms with van der Waals surface area (Å²) in [6, 6.07) is 8.48. The number of methoxy groups -OCH3 is 1. The second-order valence-corrected chi connectivity index (χ2v) is 7.29. The molecule has 0 unspecified atom stereocenters. The predicted molar refractivity (Wildman–Crippen MR) is 110 cm³/mol. The van der Waals surface area contributed by atoms with E-state index >= 15 is 0 Å². The molecule has 1 saturated heterocycles. The zero-order chi connectivity index (χ0) is 21.8. The number of aryl methyl sites for hydroxylation is 1. The van der Waals surface area contributed by atoms with Crippen molar-refractivity contribution in [3.8, 4) is 11.3 Å². The average Bonchev–Trinajstić information content (AvgIpc) is 3.27. The highest BCUT2D eigenvalue weighted by atomic mass is 32.2. The van der Waals surface area contributed by atoms with E-state index in [2.05, 4.69) is 0 Å². The van der Waals surface area contributed by atoms with Crippen LogP contribution in [0.15, 0.2) is 39.7 Å². The highest BCUT2D eigenvalue weighted by molar-refractivity contribution is 8.18. The summed E-state index contributed by atoms with van der Waals surface area (Å²) >= 11 is 0.732. The maximum absolute atomic E-state index is 12.4. The Balaban J connectivity index is 1.79. The number of imide groups is 1. The fraction of sp³-hybridized carbons (Fsp3) is 0.238. The van der Waals surface area contributed by atoms with E-state index in [1.165, 1.54) is 13.2 Å². The van der Waals surface area contributed by atoms with E-state index in [4.69, 9.17) is 13.9 Å². The summed E-state index contributed by atoms with van der Waals surface area (Å²) in [6.45, 7) is 3.22. The molecular weight excluding hydrogens is 410 g/mol. The molecule has 2 aromatic rings. The second-order valence-electron chi connectivity index (χ2n) is 6.30. The van der Waals surface area contributed by atoms with Crippen LogP contribution in [0.2, 0.25) is 0 Å². The minimum Gasteiger partial charge on any atom is -0.465 e. The first kappa shape index (κ1) is 21.4. The molecule has 156 valence electrons. The van der Waals surface area contributed by atoms with Gasteiger partial charge < -0.3 is 13.9 Å². The van der Waals surface area contributed by atoms with Crippen LogP contribution in [-0.2, 0) is 19.1 Å². The third-order valence-corrected chi connectivity index (χ3v) is 5.19. The van der Waals surface area contributed by atoms with E-state index in [0.717, 1.165) is 27.8 Å². The van der Waals surface area contributed by atoms with Gasteiger partial charge in [0.1, 0.15) is 18.1 Å². The molecule has 0 saturated carbocycles. The van der Waals surface area contributed by atoms with Crippen molar-refractivity contribution in [2.75, 3.05) is 20.3 Å². The number of nitrogens with zero attached hydrogens (tertiary/aromatic N) is 1. The molecule has 1 aromatic carbocycles. The van der Waals surface area contributed by atoms with Crippen LogP contribution >= 0.6 is 11.8 Å². The van der Waals surface area contributed by atoms with Crippen molar-refractivity contribution < 1.29 is 33.1 Å². The number of ether oxygens (including phenoxy) is 2. The molecule has 2 heterocycles. The van der Waals surface area contributed by atoms with Gasteiger partial charge in [0.15, 0.2) is 0 Å². The van der Waals surface area contributed by atoms with E-state index in [1.807, 2.05) is 6.92 Å². The zero-order valence-electron chi connectivity index (χ0n) is 16.6. The fourth-order valence-corrected chi connectivity index (χ4v) is 3.68. The number of furan rings is 1. The second kappa shape index (κ2) is 9.00. The van der Waals surface area contributed by atoms with Crippen molar-refractivity contribution in [2.24, 2.45) is 0 Å². The number of carbonyl (C=O) groups is 4. The summed E-state index contributed by atoms with van der Waals surface area (Å²) in [7, 11) is 1.32. The number of rotatable bonds is 6. The summed E-state index contributed by atoms with van der Waals surface area (Å²) < 4.78 is 15.3. The number of benzene rings is 1. The van der Waals surface area contributed by atoms with Gasteiger partial charge >= 0.3 is 11.9 Å². The minimum absolute atomic E-state index is 0.156. The Morgan fingerprint density at radius 3 is 2.63 bits per heavy atom. The molecule has 0 radical (unpaired) electrons. The molecule has 1 aromatic heterocycles. The average molecular weight is 429 g/mol. The molecule has 0 atom stereocenters. The molecule has 1 fully saturated rings. The first-order valence-corrected chi connectivity index (χ1v) is 9.85. The summed E-state index contributed by atoms with van der Waals surface area (Å²) in [5.41, 5.74) is 2.02. The highest BCUT2D eigenvalue weighted by Gasteiger charge is 2.36. The first-order chi connectivity index (χ1) is 14.3. The Morgan fingerprint density at radius 1 is 1.20 bits per heavy atom. The van der Waals surface area contributed by atoms with Crippen molar-refractivity contribution in [1.29, 1.82) is 0 Å². The Hall–Kier alpha value is -3.33. The van der Waals surface area contributed by atoms with Gasteiger partial charge in [-0.3, -0.25) is 19.3 Å². The third-order valence-electron chi connectivity index (χ3n) is 4.28. The molecule has 0 spiro atoms. The van der Waals surface area contributed by atoms with Crippen molar-refractivity contribution in [3.05, 3.63) is 52.1 Å². The van der Waals surface area contributed by atoms with Crippen LogP contribution in [0.5, 0.6) is 0 Å². The summed E-state index contributed by atoms with van der Waals surface area (Å²) in [6.07, 6.45) is 1.46. The maximum atomic E-state index is 12.4. The lowest BCUT2D eigenvalue weighted by Gasteiger charge is -2.10. The molecule has 1 aliphatic rings. The van der Waals surface area contributed by atoms with E-state index in [-0.39, 0.29) is 11.5 Å². The number of thioether (sulfide) groups is 1. The minimum atomic E-state index is -0.646. The standard InChI is InChI=1S/C21H19NO7S/c1-4-28-18(23)11-22-19(24)17(30-21(22)26)10-14-6-8-16(29-14)15-7-5-13(9-12(15)2)20(25)27-3/h5-10H,4,11H2,1-3H3/b17-10+. The molecule has 2 amide bonds. The molecular formula is C21H19NO7S. The van der Waals surface area contributed by atoms with Gasteiger partial charge in [0.25, 0.3) is 11.1 Å². The van der Waals surface area contributed by atoms with Crippen LogP contribution in [0.25, 0.3) is 17.4 Å². The van der Waals surface area contributed by atoms with Crippen LogP contribution in [-0.4, -0.2) is 48.2 Å². The SMILES string of the molecule is CCOC(=O)CN1C(=O)S/C(=C/c2ccc(-c3ccc(C(=O)OC)cc3C)o2)C1=O. The Labute approximate surface area is 176 Å². The highest BCUT2D eigenvalue weighted by Crippen LogP contribution is 2.33. The number of amides is 2. The monoisotopic (exact) mass is 429 g/mol. The molecule has 3 rings (SSSR count). The van der Waals surface area contributed by atoms with Crippen LogP contribution in [0.3, 0.4) is 0 Å². The molecule has 30 heavy (non-hydrogen) atoms. The lowest BCUT2D eigenvalue weighted by atomic mass is 10.0. The van der Waals surface area contributed by atoms with Crippen LogP contribution in [0, 0.1) is 6.92 Å². The van der Waals surface area contributed by atoms with E-state index < -0.39 is 29.6 Å². The fourth-order valence-electron chi connectivity index (χ4n) is 2.86. The van der Waals surface area contributed by atoms with Crippen molar-refractivity contribution in [2.45, 2.75) is 13.8 Å². The Morgan fingerprint density at radius 2 is 1.97 bits per heavy atom. The van der Waals surface area contributed by atoms with E-state index in [9.17, 15) is 19.2 Å². The topological polar surface area (TPSA) is 103 Å². The van der Waals surface area contributed by atoms with Gasteiger partial charge in [-0.05, 0) is 55.4 Å². The van der Waals surface area contributed by atoms with E-state index in [1.54, 1.807) is 37.3 Å². The molecule has 0 bridgehead atoms. The zero-order valence-corrected chi connectivity index (χ0v) is 17.4. The summed E-state index contributed by atoms with van der Waals surface area (Å²) in [5, 5.41) is -0.541. The van der Waals surface area contributed by atoms with Gasteiger partial charge in [-0.1, -0.05) is 6.07 Å². The molecule has 8 nitrogen and oxygen atoms in total. The molecule has 9 heteroatoms. The van der Waals surface area contributed by atoms with Crippen LogP contribution in [0.1, 0.15) is 28.6 Å². The number of esters is 2. The maximum Gasteiger partial charge on any atom is 0.337 e. The quantitative estimate of drug-likeness (QED) is 0.506. The lowest BCUT2D eigenvalue weighted by Crippen LogP contribution is -2.34. The summed E-state index contributed by atoms with van der Waals surface area (Å²) in [4.78, 5) is 48.7. The Bertz CT molecular complexity index is 1050. The van der Waals surface area contributed by atoms with Gasteiger partial charge in [0, 0.05) is 11.6 Å². The van der Waals surface area contributed by atoms with Gasteiger partial charge in [-0.25, -0.2) is 4.79 Å². The number of carbonyl (C=O) groups excluding carboxylic acids is 4. The summed E-state index contributed by atoms with van der Waals surface area (Å²) in [5.74, 6) is -0.728. The first-order valence-electron chi connectivity index (χ1n) is 9.04. The van der Waals surface area contributed by atoms with Crippen LogP contribution < -0.4 is 0 Å². The van der Waals surface area contributed by atoms with Gasteiger partial charge in [0.05, 0.1) is 24.2 Å². The normalized spacial score (nSPS) is 15.0. The van der Waals surface area contributed by atoms with Crippen molar-refractivity contribution in [3.63, 3.8) is 0 Å². The van der Waals surface area contributed by atoms with Gasteiger partial charge in [-0.15, -0.1) is 0 Å². The third kappa shape index (κ3) is 4.46. The van der Waals surface area contributed by atoms with Gasteiger partial charge in [-0.2, -0.15) is 0 Å². The molecule has 0 N–H and O–H groups in total. The van der Waals surface area contributed by atoms with Gasteiger partial charge in [0.2, 0.25) is 0 Å². The van der Waals surface area contributed by atoms with Crippen molar-refractivity contribution >= 4 is 40.9 Å². The smallest absolute Gasteiger partial charge is 0.337 e. The van der Waals surface area contributed by atoms with Crippen molar-refractivity contribution in [1.82, 2.24) is 4.90 Å².